The second-order valence-electron chi connectivity index (χ2n) is 4.68. The Morgan fingerprint density at radius 3 is 2.55 bits per heavy atom. The van der Waals surface area contributed by atoms with Gasteiger partial charge in [-0.3, -0.25) is 0 Å². The molecule has 2 atom stereocenters. The van der Waals surface area contributed by atoms with E-state index < -0.39 is 18.0 Å². The van der Waals surface area contributed by atoms with Crippen molar-refractivity contribution >= 4 is 23.2 Å². The molecule has 1 heterocycles. The van der Waals surface area contributed by atoms with Crippen LogP contribution in [0.4, 0.5) is 4.39 Å². The van der Waals surface area contributed by atoms with Crippen molar-refractivity contribution in [1.82, 2.24) is 0 Å². The van der Waals surface area contributed by atoms with Crippen LogP contribution in [-0.2, 0) is 0 Å². The molecule has 5 heteroatoms. The zero-order chi connectivity index (χ0) is 14.3. The zero-order valence-electron chi connectivity index (χ0n) is 10.3. The Labute approximate surface area is 125 Å². The first-order valence-corrected chi connectivity index (χ1v) is 6.90. The van der Waals surface area contributed by atoms with Gasteiger partial charge in [-0.25, -0.2) is 4.39 Å². The van der Waals surface area contributed by atoms with E-state index in [9.17, 15) is 9.50 Å². The molecule has 3 rings (SSSR count). The molecule has 0 aromatic heterocycles. The SMILES string of the molecule is O[C@@H]1CC(c2c(Cl)cccc2Cl)Oc2ccc(F)cc21. The molecule has 0 bridgehead atoms. The van der Waals surface area contributed by atoms with Gasteiger partial charge in [0.25, 0.3) is 0 Å². The maximum Gasteiger partial charge on any atom is 0.129 e. The Balaban J connectivity index is 2.01. The van der Waals surface area contributed by atoms with E-state index >= 15 is 0 Å². The van der Waals surface area contributed by atoms with Crippen molar-refractivity contribution in [2.75, 3.05) is 0 Å². The highest BCUT2D eigenvalue weighted by atomic mass is 35.5. The van der Waals surface area contributed by atoms with E-state index in [0.29, 0.717) is 26.9 Å². The second-order valence-corrected chi connectivity index (χ2v) is 5.49. The lowest BCUT2D eigenvalue weighted by Crippen LogP contribution is -2.19. The van der Waals surface area contributed by atoms with E-state index in [-0.39, 0.29) is 6.42 Å². The van der Waals surface area contributed by atoms with Crippen molar-refractivity contribution in [3.05, 3.63) is 63.4 Å². The summed E-state index contributed by atoms with van der Waals surface area (Å²) in [6.45, 7) is 0. The maximum absolute atomic E-state index is 13.2. The number of hydrogen-bond acceptors (Lipinski definition) is 2. The minimum atomic E-state index is -0.813. The van der Waals surface area contributed by atoms with E-state index in [1.807, 2.05) is 0 Å². The predicted octanol–water partition coefficient (Wildman–Crippen LogP) is 4.69. The number of hydrogen-bond donors (Lipinski definition) is 1. The van der Waals surface area contributed by atoms with Gasteiger partial charge in [-0.15, -0.1) is 0 Å². The van der Waals surface area contributed by atoms with E-state index in [1.54, 1.807) is 18.2 Å². The second kappa shape index (κ2) is 5.24. The van der Waals surface area contributed by atoms with Gasteiger partial charge >= 0.3 is 0 Å². The third-order valence-corrected chi connectivity index (χ3v) is 4.02. The van der Waals surface area contributed by atoms with Gasteiger partial charge in [0, 0.05) is 27.6 Å². The number of aliphatic hydroxyl groups excluding tert-OH is 1. The van der Waals surface area contributed by atoms with Crippen molar-refractivity contribution in [3.8, 4) is 5.75 Å². The van der Waals surface area contributed by atoms with Gasteiger partial charge in [-0.2, -0.15) is 0 Å². The van der Waals surface area contributed by atoms with E-state index in [4.69, 9.17) is 27.9 Å². The Hall–Kier alpha value is -1.29. The summed E-state index contributed by atoms with van der Waals surface area (Å²) in [4.78, 5) is 0. The van der Waals surface area contributed by atoms with E-state index in [0.717, 1.165) is 0 Å². The number of halogens is 3. The fourth-order valence-corrected chi connectivity index (χ4v) is 3.05. The molecule has 104 valence electrons. The predicted molar refractivity (Wildman–Crippen MR) is 75.8 cm³/mol. The summed E-state index contributed by atoms with van der Waals surface area (Å²) in [5, 5.41) is 11.1. The molecule has 1 N–H and O–H groups in total. The monoisotopic (exact) mass is 312 g/mol. The van der Waals surface area contributed by atoms with E-state index in [1.165, 1.54) is 18.2 Å². The summed E-state index contributed by atoms with van der Waals surface area (Å²) < 4.78 is 19.0. The van der Waals surface area contributed by atoms with Crippen molar-refractivity contribution < 1.29 is 14.2 Å². The standard InChI is InChI=1S/C15H11Cl2FO2/c16-10-2-1-3-11(17)15(10)14-7-12(19)9-6-8(18)4-5-13(9)20-14/h1-6,12,14,19H,7H2/t12-,14?/m1/s1. The van der Waals surface area contributed by atoms with Crippen molar-refractivity contribution in [2.45, 2.75) is 18.6 Å². The number of fused-ring (bicyclic) bond motifs is 1. The van der Waals surface area contributed by atoms with E-state index in [2.05, 4.69) is 0 Å². The lowest BCUT2D eigenvalue weighted by atomic mass is 9.95. The maximum atomic E-state index is 13.2. The third-order valence-electron chi connectivity index (χ3n) is 3.36. The van der Waals surface area contributed by atoms with Crippen LogP contribution in [0.2, 0.25) is 10.0 Å². The minimum absolute atomic E-state index is 0.278. The van der Waals surface area contributed by atoms with Gasteiger partial charge in [-0.1, -0.05) is 29.3 Å². The molecule has 2 aromatic rings. The van der Waals surface area contributed by atoms with Crippen LogP contribution in [0.15, 0.2) is 36.4 Å². The Kier molecular flexibility index (Phi) is 3.59. The van der Waals surface area contributed by atoms with Crippen LogP contribution in [-0.4, -0.2) is 5.11 Å². The van der Waals surface area contributed by atoms with Crippen molar-refractivity contribution in [1.29, 1.82) is 0 Å². The molecule has 1 aliphatic rings. The molecule has 0 saturated carbocycles. The van der Waals surface area contributed by atoms with Gasteiger partial charge in [0.2, 0.25) is 0 Å². The Bertz CT molecular complexity index is 640. The molecule has 20 heavy (non-hydrogen) atoms. The molecule has 1 unspecified atom stereocenters. The van der Waals surface area contributed by atoms with Crippen LogP contribution >= 0.6 is 23.2 Å². The fraction of sp³-hybridized carbons (Fsp3) is 0.200. The van der Waals surface area contributed by atoms with Crippen LogP contribution in [0.3, 0.4) is 0 Å². The van der Waals surface area contributed by atoms with Crippen LogP contribution in [0.25, 0.3) is 0 Å². The zero-order valence-corrected chi connectivity index (χ0v) is 11.8. The first kappa shape index (κ1) is 13.7. The van der Waals surface area contributed by atoms with Crippen LogP contribution in [0.1, 0.15) is 29.8 Å². The van der Waals surface area contributed by atoms with Gasteiger partial charge in [-0.05, 0) is 30.3 Å². The molecule has 2 nitrogen and oxygen atoms in total. The molecule has 1 aliphatic heterocycles. The molecular formula is C15H11Cl2FO2. The molecule has 0 radical (unpaired) electrons. The minimum Gasteiger partial charge on any atom is -0.485 e. The first-order valence-electron chi connectivity index (χ1n) is 6.14. The van der Waals surface area contributed by atoms with Crippen LogP contribution < -0.4 is 4.74 Å². The van der Waals surface area contributed by atoms with Gasteiger partial charge < -0.3 is 9.84 Å². The molecule has 0 aliphatic carbocycles. The number of ether oxygens (including phenoxy) is 1. The lowest BCUT2D eigenvalue weighted by Gasteiger charge is -2.30. The topological polar surface area (TPSA) is 29.5 Å². The lowest BCUT2D eigenvalue weighted by molar-refractivity contribution is 0.0654. The number of rotatable bonds is 1. The smallest absolute Gasteiger partial charge is 0.129 e. The highest BCUT2D eigenvalue weighted by Crippen LogP contribution is 2.44. The van der Waals surface area contributed by atoms with Crippen LogP contribution in [0.5, 0.6) is 5.75 Å². The molecular weight excluding hydrogens is 302 g/mol. The summed E-state index contributed by atoms with van der Waals surface area (Å²) in [6, 6.07) is 9.27. The summed E-state index contributed by atoms with van der Waals surface area (Å²) in [6.07, 6.45) is -0.990. The summed E-state index contributed by atoms with van der Waals surface area (Å²) in [5.74, 6) is 0.0479. The highest BCUT2D eigenvalue weighted by molar-refractivity contribution is 6.36. The molecule has 0 amide bonds. The Morgan fingerprint density at radius 2 is 1.85 bits per heavy atom. The normalized spacial score (nSPS) is 21.2. The van der Waals surface area contributed by atoms with Crippen LogP contribution in [0, 0.1) is 5.82 Å². The summed E-state index contributed by atoms with van der Waals surface area (Å²) in [7, 11) is 0. The fourth-order valence-electron chi connectivity index (χ4n) is 2.41. The molecule has 2 aromatic carbocycles. The number of aliphatic hydroxyl groups is 1. The number of benzene rings is 2. The molecule has 0 fully saturated rings. The molecule has 0 saturated heterocycles. The highest BCUT2D eigenvalue weighted by Gasteiger charge is 2.30. The summed E-state index contributed by atoms with van der Waals surface area (Å²) >= 11 is 12.3. The average Bonchev–Trinajstić information content (AvgIpc) is 2.39. The largest absolute Gasteiger partial charge is 0.485 e. The van der Waals surface area contributed by atoms with Crippen molar-refractivity contribution in [3.63, 3.8) is 0 Å². The van der Waals surface area contributed by atoms with Gasteiger partial charge in [0.15, 0.2) is 0 Å². The van der Waals surface area contributed by atoms with Crippen molar-refractivity contribution in [2.24, 2.45) is 0 Å². The average molecular weight is 313 g/mol. The first-order chi connectivity index (χ1) is 9.56. The third kappa shape index (κ3) is 2.37. The Morgan fingerprint density at radius 1 is 1.15 bits per heavy atom. The molecule has 0 spiro atoms. The summed E-state index contributed by atoms with van der Waals surface area (Å²) in [5.41, 5.74) is 1.09. The van der Waals surface area contributed by atoms with Gasteiger partial charge in [0.1, 0.15) is 17.7 Å². The van der Waals surface area contributed by atoms with Gasteiger partial charge in [0.05, 0.1) is 6.10 Å². The quantitative estimate of drug-likeness (QED) is 0.827.